The van der Waals surface area contributed by atoms with Crippen molar-refractivity contribution in [2.45, 2.75) is 13.1 Å². The molecule has 0 aliphatic heterocycles. The molecule has 0 aliphatic carbocycles. The molecule has 4 heteroatoms. The van der Waals surface area contributed by atoms with Crippen LogP contribution < -0.4 is 10.6 Å². The van der Waals surface area contributed by atoms with E-state index in [1.165, 1.54) is 17.8 Å². The predicted octanol–water partition coefficient (Wildman–Crippen LogP) is 2.32. The molecular formula is C14H16FN3. The Balaban J connectivity index is 2.21. The van der Waals surface area contributed by atoms with Crippen molar-refractivity contribution in [3.63, 3.8) is 0 Å². The van der Waals surface area contributed by atoms with Crippen LogP contribution in [0.2, 0.25) is 0 Å². The number of nitrogens with zero attached hydrogens (tertiary/aromatic N) is 2. The Labute approximate surface area is 106 Å². The molecule has 3 nitrogen and oxygen atoms in total. The first-order valence-corrected chi connectivity index (χ1v) is 5.80. The van der Waals surface area contributed by atoms with Gasteiger partial charge in [-0.05, 0) is 11.6 Å². The molecule has 18 heavy (non-hydrogen) atoms. The minimum absolute atomic E-state index is 0.277. The molecule has 0 saturated heterocycles. The summed E-state index contributed by atoms with van der Waals surface area (Å²) < 4.78 is 13.1. The zero-order valence-electron chi connectivity index (χ0n) is 10.3. The number of halogens is 1. The van der Waals surface area contributed by atoms with Crippen LogP contribution in [0.1, 0.15) is 11.1 Å². The van der Waals surface area contributed by atoms with Gasteiger partial charge in [-0.15, -0.1) is 0 Å². The number of hydrogen-bond donors (Lipinski definition) is 1. The number of anilines is 1. The van der Waals surface area contributed by atoms with Gasteiger partial charge in [0.2, 0.25) is 0 Å². The molecular weight excluding hydrogens is 229 g/mol. The highest BCUT2D eigenvalue weighted by Crippen LogP contribution is 2.18. The standard InChI is InChI=1S/C14H16FN3/c1-18(10-11-5-3-2-4-6-11)14-12(8-16)7-13(15)9-17-14/h2-7,9H,8,10,16H2,1H3. The summed E-state index contributed by atoms with van der Waals surface area (Å²) in [5.41, 5.74) is 7.51. The van der Waals surface area contributed by atoms with E-state index in [4.69, 9.17) is 5.73 Å². The number of rotatable bonds is 4. The topological polar surface area (TPSA) is 42.2 Å². The maximum Gasteiger partial charge on any atom is 0.141 e. The summed E-state index contributed by atoms with van der Waals surface area (Å²) in [6.07, 6.45) is 1.22. The zero-order chi connectivity index (χ0) is 13.0. The van der Waals surface area contributed by atoms with Crippen molar-refractivity contribution < 1.29 is 4.39 Å². The molecule has 0 atom stereocenters. The zero-order valence-corrected chi connectivity index (χ0v) is 10.3. The number of nitrogens with two attached hydrogens (primary N) is 1. The normalized spacial score (nSPS) is 10.4. The Bertz CT molecular complexity index is 514. The monoisotopic (exact) mass is 245 g/mol. The van der Waals surface area contributed by atoms with Crippen molar-refractivity contribution in [1.82, 2.24) is 4.98 Å². The first-order valence-electron chi connectivity index (χ1n) is 5.80. The van der Waals surface area contributed by atoms with Crippen molar-refractivity contribution >= 4 is 5.82 Å². The van der Waals surface area contributed by atoms with E-state index in [1.54, 1.807) is 0 Å². The number of benzene rings is 1. The van der Waals surface area contributed by atoms with E-state index in [-0.39, 0.29) is 12.4 Å². The summed E-state index contributed by atoms with van der Waals surface area (Å²) in [6.45, 7) is 0.992. The van der Waals surface area contributed by atoms with E-state index in [1.807, 2.05) is 42.3 Å². The molecule has 2 aromatic rings. The van der Waals surface area contributed by atoms with E-state index in [0.717, 1.165) is 5.82 Å². The fourth-order valence-corrected chi connectivity index (χ4v) is 1.90. The molecule has 0 unspecified atom stereocenters. The highest BCUT2D eigenvalue weighted by molar-refractivity contribution is 5.46. The lowest BCUT2D eigenvalue weighted by Crippen LogP contribution is -2.20. The largest absolute Gasteiger partial charge is 0.355 e. The lowest BCUT2D eigenvalue weighted by molar-refractivity contribution is 0.617. The molecule has 0 fully saturated rings. The van der Waals surface area contributed by atoms with Crippen molar-refractivity contribution in [3.05, 3.63) is 59.5 Å². The fourth-order valence-electron chi connectivity index (χ4n) is 1.90. The summed E-state index contributed by atoms with van der Waals surface area (Å²) in [5, 5.41) is 0. The van der Waals surface area contributed by atoms with Gasteiger partial charge in [-0.25, -0.2) is 9.37 Å². The van der Waals surface area contributed by atoms with Crippen molar-refractivity contribution in [2.24, 2.45) is 5.73 Å². The fraction of sp³-hybridized carbons (Fsp3) is 0.214. The Morgan fingerprint density at radius 3 is 2.67 bits per heavy atom. The molecule has 0 bridgehead atoms. The van der Waals surface area contributed by atoms with E-state index >= 15 is 0 Å². The minimum atomic E-state index is -0.354. The number of pyridine rings is 1. The van der Waals surface area contributed by atoms with Crippen LogP contribution in [0, 0.1) is 5.82 Å². The van der Waals surface area contributed by atoms with E-state index in [0.29, 0.717) is 12.1 Å². The van der Waals surface area contributed by atoms with Crippen LogP contribution in [0.4, 0.5) is 10.2 Å². The van der Waals surface area contributed by atoms with Gasteiger partial charge < -0.3 is 10.6 Å². The minimum Gasteiger partial charge on any atom is -0.355 e. The van der Waals surface area contributed by atoms with Crippen molar-refractivity contribution in [2.75, 3.05) is 11.9 Å². The second kappa shape index (κ2) is 5.60. The van der Waals surface area contributed by atoms with Crippen LogP contribution in [0.15, 0.2) is 42.6 Å². The van der Waals surface area contributed by atoms with Gasteiger partial charge in [-0.1, -0.05) is 30.3 Å². The number of aromatic nitrogens is 1. The van der Waals surface area contributed by atoms with Gasteiger partial charge in [0, 0.05) is 25.7 Å². The molecule has 1 aromatic heterocycles. The van der Waals surface area contributed by atoms with E-state index in [9.17, 15) is 4.39 Å². The maximum atomic E-state index is 13.1. The Hall–Kier alpha value is -1.94. The van der Waals surface area contributed by atoms with Gasteiger partial charge in [0.15, 0.2) is 0 Å². The molecule has 0 amide bonds. The van der Waals surface area contributed by atoms with Crippen LogP contribution in [-0.4, -0.2) is 12.0 Å². The molecule has 0 spiro atoms. The van der Waals surface area contributed by atoms with E-state index in [2.05, 4.69) is 4.98 Å². The average molecular weight is 245 g/mol. The van der Waals surface area contributed by atoms with Crippen LogP contribution >= 0.6 is 0 Å². The first-order chi connectivity index (χ1) is 8.70. The maximum absolute atomic E-state index is 13.1. The molecule has 94 valence electrons. The third-order valence-electron chi connectivity index (χ3n) is 2.75. The van der Waals surface area contributed by atoms with Crippen LogP contribution in [0.5, 0.6) is 0 Å². The second-order valence-electron chi connectivity index (χ2n) is 4.18. The third-order valence-corrected chi connectivity index (χ3v) is 2.75. The van der Waals surface area contributed by atoms with Gasteiger partial charge in [0.25, 0.3) is 0 Å². The quantitative estimate of drug-likeness (QED) is 0.898. The molecule has 2 rings (SSSR count). The Kier molecular flexibility index (Phi) is 3.89. The third kappa shape index (κ3) is 2.84. The summed E-state index contributed by atoms with van der Waals surface area (Å²) in [6, 6.07) is 11.5. The molecule has 2 N–H and O–H groups in total. The smallest absolute Gasteiger partial charge is 0.141 e. The Morgan fingerprint density at radius 2 is 2.00 bits per heavy atom. The highest BCUT2D eigenvalue weighted by atomic mass is 19.1. The molecule has 1 heterocycles. The van der Waals surface area contributed by atoms with Gasteiger partial charge in [0.1, 0.15) is 11.6 Å². The van der Waals surface area contributed by atoms with Crippen LogP contribution in [0.3, 0.4) is 0 Å². The number of hydrogen-bond acceptors (Lipinski definition) is 3. The average Bonchev–Trinajstić information content (AvgIpc) is 2.39. The van der Waals surface area contributed by atoms with Gasteiger partial charge in [-0.2, -0.15) is 0 Å². The lowest BCUT2D eigenvalue weighted by Gasteiger charge is -2.20. The Morgan fingerprint density at radius 1 is 1.28 bits per heavy atom. The van der Waals surface area contributed by atoms with Crippen molar-refractivity contribution in [3.8, 4) is 0 Å². The first kappa shape index (κ1) is 12.5. The summed E-state index contributed by atoms with van der Waals surface area (Å²) in [4.78, 5) is 6.09. The molecule has 0 radical (unpaired) electrons. The summed E-state index contributed by atoms with van der Waals surface area (Å²) in [7, 11) is 1.92. The van der Waals surface area contributed by atoms with E-state index < -0.39 is 0 Å². The molecule has 0 aliphatic rings. The summed E-state index contributed by atoms with van der Waals surface area (Å²) >= 11 is 0. The van der Waals surface area contributed by atoms with Crippen molar-refractivity contribution in [1.29, 1.82) is 0 Å². The lowest BCUT2D eigenvalue weighted by atomic mass is 10.2. The van der Waals surface area contributed by atoms with Crippen LogP contribution in [-0.2, 0) is 13.1 Å². The molecule has 1 aromatic carbocycles. The van der Waals surface area contributed by atoms with Gasteiger partial charge in [0.05, 0.1) is 6.20 Å². The predicted molar refractivity (Wildman–Crippen MR) is 70.6 cm³/mol. The summed E-state index contributed by atoms with van der Waals surface area (Å²) in [5.74, 6) is 0.370. The van der Waals surface area contributed by atoms with Gasteiger partial charge in [-0.3, -0.25) is 0 Å². The molecule has 0 saturated carbocycles. The van der Waals surface area contributed by atoms with Gasteiger partial charge >= 0.3 is 0 Å². The van der Waals surface area contributed by atoms with Crippen LogP contribution in [0.25, 0.3) is 0 Å². The second-order valence-corrected chi connectivity index (χ2v) is 4.18. The SMILES string of the molecule is CN(Cc1ccccc1)c1ncc(F)cc1CN. The highest BCUT2D eigenvalue weighted by Gasteiger charge is 2.09.